The summed E-state index contributed by atoms with van der Waals surface area (Å²) in [4.78, 5) is 23.4. The van der Waals surface area contributed by atoms with E-state index in [1.807, 2.05) is 0 Å². The molecule has 1 aliphatic rings. The molecule has 5 nitrogen and oxygen atoms in total. The van der Waals surface area contributed by atoms with Gasteiger partial charge in [-0.3, -0.25) is 4.79 Å². The lowest BCUT2D eigenvalue weighted by Crippen LogP contribution is -2.37. The molecule has 0 aromatic rings. The van der Waals surface area contributed by atoms with E-state index >= 15 is 0 Å². The summed E-state index contributed by atoms with van der Waals surface area (Å²) in [5, 5.41) is 17.2. The van der Waals surface area contributed by atoms with Crippen molar-refractivity contribution in [3.05, 3.63) is 12.2 Å². The lowest BCUT2D eigenvalue weighted by molar-refractivity contribution is -0.132. The van der Waals surface area contributed by atoms with Gasteiger partial charge in [-0.25, -0.2) is 4.79 Å². The normalized spacial score (nSPS) is 17.9. The molecular formula is C11H17NO4. The predicted molar refractivity (Wildman–Crippen MR) is 57.8 cm³/mol. The summed E-state index contributed by atoms with van der Waals surface area (Å²) in [6.07, 6.45) is 4.50. The van der Waals surface area contributed by atoms with E-state index in [9.17, 15) is 9.59 Å². The molecule has 1 saturated heterocycles. The number of carboxylic acid groups (broad SMARTS) is 1. The predicted octanol–water partition coefficient (Wildman–Crippen LogP) is 0.248. The fraction of sp³-hybridized carbons (Fsp3) is 0.636. The highest BCUT2D eigenvalue weighted by molar-refractivity contribution is 5.93. The van der Waals surface area contributed by atoms with Gasteiger partial charge in [-0.15, -0.1) is 0 Å². The third-order valence-electron chi connectivity index (χ3n) is 2.83. The molecule has 5 heteroatoms. The molecule has 0 aromatic heterocycles. The first-order valence-electron chi connectivity index (χ1n) is 5.44. The van der Waals surface area contributed by atoms with E-state index in [2.05, 4.69) is 0 Å². The highest BCUT2D eigenvalue weighted by Crippen LogP contribution is 2.20. The van der Waals surface area contributed by atoms with Gasteiger partial charge in [0.15, 0.2) is 0 Å². The largest absolute Gasteiger partial charge is 0.478 e. The summed E-state index contributed by atoms with van der Waals surface area (Å²) < 4.78 is 0. The van der Waals surface area contributed by atoms with Crippen LogP contribution < -0.4 is 0 Å². The van der Waals surface area contributed by atoms with E-state index < -0.39 is 5.97 Å². The van der Waals surface area contributed by atoms with Gasteiger partial charge in [-0.1, -0.05) is 0 Å². The smallest absolute Gasteiger partial charge is 0.328 e. The second-order valence-electron chi connectivity index (χ2n) is 3.95. The Labute approximate surface area is 94.4 Å². The second kappa shape index (κ2) is 6.27. The number of piperidine rings is 1. The van der Waals surface area contributed by atoms with Crippen molar-refractivity contribution >= 4 is 11.9 Å². The summed E-state index contributed by atoms with van der Waals surface area (Å²) in [6.45, 7) is 1.48. The zero-order valence-electron chi connectivity index (χ0n) is 9.13. The highest BCUT2D eigenvalue weighted by Gasteiger charge is 2.20. The molecule has 0 radical (unpaired) electrons. The Bertz CT molecular complexity index is 280. The third-order valence-corrected chi connectivity index (χ3v) is 2.83. The van der Waals surface area contributed by atoms with Crippen LogP contribution in [0.15, 0.2) is 12.2 Å². The van der Waals surface area contributed by atoms with Crippen LogP contribution in [-0.2, 0) is 9.59 Å². The van der Waals surface area contributed by atoms with Crippen molar-refractivity contribution in [3.8, 4) is 0 Å². The number of hydrogen-bond donors (Lipinski definition) is 2. The summed E-state index contributed by atoms with van der Waals surface area (Å²) in [5.74, 6) is -0.870. The molecule has 0 saturated carbocycles. The number of rotatable bonds is 4. The highest BCUT2D eigenvalue weighted by atomic mass is 16.4. The van der Waals surface area contributed by atoms with Gasteiger partial charge in [0, 0.05) is 31.8 Å². The molecule has 2 N–H and O–H groups in total. The van der Waals surface area contributed by atoms with Gasteiger partial charge in [0.2, 0.25) is 5.91 Å². The number of aliphatic hydroxyl groups excluding tert-OH is 1. The molecule has 1 rings (SSSR count). The fourth-order valence-corrected chi connectivity index (χ4v) is 1.87. The Morgan fingerprint density at radius 1 is 1.25 bits per heavy atom. The molecule has 16 heavy (non-hydrogen) atoms. The van der Waals surface area contributed by atoms with Crippen LogP contribution in [0.4, 0.5) is 0 Å². The Hall–Kier alpha value is -1.36. The quantitative estimate of drug-likeness (QED) is 0.675. The van der Waals surface area contributed by atoms with E-state index in [-0.39, 0.29) is 12.5 Å². The van der Waals surface area contributed by atoms with Crippen LogP contribution in [0.1, 0.15) is 19.3 Å². The Morgan fingerprint density at radius 3 is 2.38 bits per heavy atom. The van der Waals surface area contributed by atoms with Gasteiger partial charge < -0.3 is 15.1 Å². The van der Waals surface area contributed by atoms with Crippen molar-refractivity contribution in [2.45, 2.75) is 19.3 Å². The molecule has 0 bridgehead atoms. The molecule has 0 atom stereocenters. The molecular weight excluding hydrogens is 210 g/mol. The van der Waals surface area contributed by atoms with Crippen molar-refractivity contribution < 1.29 is 19.8 Å². The van der Waals surface area contributed by atoms with E-state index in [1.165, 1.54) is 0 Å². The van der Waals surface area contributed by atoms with E-state index in [0.717, 1.165) is 31.4 Å². The molecule has 0 aliphatic carbocycles. The van der Waals surface area contributed by atoms with Crippen LogP contribution in [0.2, 0.25) is 0 Å². The summed E-state index contributed by atoms with van der Waals surface area (Å²) in [5.41, 5.74) is 0. The fourth-order valence-electron chi connectivity index (χ4n) is 1.87. The van der Waals surface area contributed by atoms with Crippen LogP contribution in [0.3, 0.4) is 0 Å². The van der Waals surface area contributed by atoms with Gasteiger partial charge in [-0.05, 0) is 25.2 Å². The average molecular weight is 227 g/mol. The van der Waals surface area contributed by atoms with Gasteiger partial charge in [0.1, 0.15) is 0 Å². The number of carboxylic acids is 1. The third kappa shape index (κ3) is 4.02. The van der Waals surface area contributed by atoms with Crippen LogP contribution >= 0.6 is 0 Å². The zero-order valence-corrected chi connectivity index (χ0v) is 9.13. The maximum absolute atomic E-state index is 11.5. The SMILES string of the molecule is O=C(O)/C=C/C(=O)N1CCC(CCO)CC1. The van der Waals surface area contributed by atoms with Gasteiger partial charge in [-0.2, -0.15) is 0 Å². The van der Waals surface area contributed by atoms with Crippen molar-refractivity contribution in [2.24, 2.45) is 5.92 Å². The Kier molecular flexibility index (Phi) is 4.98. The van der Waals surface area contributed by atoms with Crippen molar-refractivity contribution in [1.82, 2.24) is 4.90 Å². The van der Waals surface area contributed by atoms with E-state index in [4.69, 9.17) is 10.2 Å². The average Bonchev–Trinajstić information content (AvgIpc) is 2.27. The Balaban J connectivity index is 2.35. The summed E-state index contributed by atoms with van der Waals surface area (Å²) in [7, 11) is 0. The minimum atomic E-state index is -1.11. The van der Waals surface area contributed by atoms with Crippen molar-refractivity contribution in [3.63, 3.8) is 0 Å². The molecule has 0 unspecified atom stereocenters. The molecule has 1 amide bonds. The van der Waals surface area contributed by atoms with Crippen molar-refractivity contribution in [1.29, 1.82) is 0 Å². The number of aliphatic carboxylic acids is 1. The topological polar surface area (TPSA) is 77.8 Å². The minimum absolute atomic E-state index is 0.192. The summed E-state index contributed by atoms with van der Waals surface area (Å²) >= 11 is 0. The maximum atomic E-state index is 11.5. The number of aliphatic hydroxyl groups is 1. The molecule has 90 valence electrons. The molecule has 0 spiro atoms. The first-order valence-corrected chi connectivity index (χ1v) is 5.44. The molecule has 1 fully saturated rings. The van der Waals surface area contributed by atoms with E-state index in [0.29, 0.717) is 19.0 Å². The minimum Gasteiger partial charge on any atom is -0.478 e. The second-order valence-corrected chi connectivity index (χ2v) is 3.95. The molecule has 0 aromatic carbocycles. The number of likely N-dealkylation sites (tertiary alicyclic amines) is 1. The number of hydrogen-bond acceptors (Lipinski definition) is 3. The van der Waals surface area contributed by atoms with Gasteiger partial charge in [0.05, 0.1) is 0 Å². The monoisotopic (exact) mass is 227 g/mol. The van der Waals surface area contributed by atoms with Crippen LogP contribution in [0.5, 0.6) is 0 Å². The molecule has 1 aliphatic heterocycles. The molecule has 1 heterocycles. The van der Waals surface area contributed by atoms with Crippen molar-refractivity contribution in [2.75, 3.05) is 19.7 Å². The van der Waals surface area contributed by atoms with E-state index in [1.54, 1.807) is 4.90 Å². The van der Waals surface area contributed by atoms with Crippen LogP contribution in [0, 0.1) is 5.92 Å². The standard InChI is InChI=1S/C11H17NO4/c13-8-5-9-3-6-12(7-4-9)10(14)1-2-11(15)16/h1-2,9,13H,3-8H2,(H,15,16)/b2-1+. The van der Waals surface area contributed by atoms with Gasteiger partial charge in [0.25, 0.3) is 0 Å². The zero-order chi connectivity index (χ0) is 12.0. The number of nitrogens with zero attached hydrogens (tertiary/aromatic N) is 1. The van der Waals surface area contributed by atoms with Crippen LogP contribution in [-0.4, -0.2) is 46.7 Å². The number of carbonyl (C=O) groups is 2. The first-order chi connectivity index (χ1) is 7.63. The lowest BCUT2D eigenvalue weighted by atomic mass is 9.94. The summed E-state index contributed by atoms with van der Waals surface area (Å²) in [6, 6.07) is 0. The van der Waals surface area contributed by atoms with Crippen LogP contribution in [0.25, 0.3) is 0 Å². The Morgan fingerprint density at radius 2 is 1.88 bits per heavy atom. The van der Waals surface area contributed by atoms with Gasteiger partial charge >= 0.3 is 5.97 Å². The maximum Gasteiger partial charge on any atom is 0.328 e. The lowest BCUT2D eigenvalue weighted by Gasteiger charge is -2.30. The number of amides is 1. The number of carbonyl (C=O) groups excluding carboxylic acids is 1. The first kappa shape index (κ1) is 12.7.